The van der Waals surface area contributed by atoms with Crippen molar-refractivity contribution in [3.8, 4) is 0 Å². The van der Waals surface area contributed by atoms with Crippen molar-refractivity contribution in [2.75, 3.05) is 13.6 Å². The number of amides is 1. The highest BCUT2D eigenvalue weighted by molar-refractivity contribution is 5.84. The van der Waals surface area contributed by atoms with Crippen LogP contribution in [0.1, 0.15) is 47.0 Å². The molecular formula is C13H25NO. The number of hydrogen-bond acceptors (Lipinski definition) is 1. The van der Waals surface area contributed by atoms with Gasteiger partial charge in [-0.15, -0.1) is 0 Å². The van der Waals surface area contributed by atoms with Crippen LogP contribution in [0.3, 0.4) is 0 Å². The summed E-state index contributed by atoms with van der Waals surface area (Å²) in [6.45, 7) is 9.81. The first-order valence-electron chi connectivity index (χ1n) is 6.13. The minimum absolute atomic E-state index is 0.0446. The number of hydrogen-bond donors (Lipinski definition) is 0. The number of carbonyl (C=O) groups excluding carboxylic acids is 1. The topological polar surface area (TPSA) is 20.3 Å². The molecule has 0 spiro atoms. The highest BCUT2D eigenvalue weighted by Gasteiger charge is 2.45. The third kappa shape index (κ3) is 2.73. The maximum atomic E-state index is 12.2. The second-order valence-electron chi connectivity index (χ2n) is 5.95. The average Bonchev–Trinajstić information content (AvgIpc) is 2.32. The lowest BCUT2D eigenvalue weighted by Gasteiger charge is -2.30. The number of nitrogens with zero attached hydrogens (tertiary/aromatic N) is 1. The van der Waals surface area contributed by atoms with Crippen molar-refractivity contribution in [2.45, 2.75) is 47.0 Å². The van der Waals surface area contributed by atoms with E-state index in [1.807, 2.05) is 11.9 Å². The van der Waals surface area contributed by atoms with Gasteiger partial charge in [0.25, 0.3) is 0 Å². The lowest BCUT2D eigenvalue weighted by molar-refractivity contribution is -0.136. The van der Waals surface area contributed by atoms with Crippen LogP contribution in [0.25, 0.3) is 0 Å². The molecule has 0 aromatic carbocycles. The molecule has 0 bridgehead atoms. The summed E-state index contributed by atoms with van der Waals surface area (Å²) in [4.78, 5) is 14.1. The summed E-state index contributed by atoms with van der Waals surface area (Å²) >= 11 is 0. The fourth-order valence-electron chi connectivity index (χ4n) is 3.02. The second kappa shape index (κ2) is 4.54. The standard InChI is InChI=1S/C13H25NO/c1-10(2)8-13(9-11(3)4)6-7-14(5)12(13)15/h10-11H,6-9H2,1-5H3. The Balaban J connectivity index is 2.82. The lowest BCUT2D eigenvalue weighted by Crippen LogP contribution is -2.34. The predicted molar refractivity (Wildman–Crippen MR) is 63.6 cm³/mol. The summed E-state index contributed by atoms with van der Waals surface area (Å²) in [5, 5.41) is 0. The van der Waals surface area contributed by atoms with E-state index in [2.05, 4.69) is 27.7 Å². The number of rotatable bonds is 4. The summed E-state index contributed by atoms with van der Waals surface area (Å²) in [5.41, 5.74) is -0.0446. The minimum atomic E-state index is -0.0446. The van der Waals surface area contributed by atoms with Crippen molar-refractivity contribution in [3.63, 3.8) is 0 Å². The molecule has 15 heavy (non-hydrogen) atoms. The van der Waals surface area contributed by atoms with Crippen LogP contribution in [0.15, 0.2) is 0 Å². The smallest absolute Gasteiger partial charge is 0.228 e. The van der Waals surface area contributed by atoms with Gasteiger partial charge in [-0.25, -0.2) is 0 Å². The molecule has 1 saturated heterocycles. The van der Waals surface area contributed by atoms with E-state index in [1.54, 1.807) is 0 Å². The van der Waals surface area contributed by atoms with Crippen LogP contribution in [0.5, 0.6) is 0 Å². The van der Waals surface area contributed by atoms with E-state index < -0.39 is 0 Å². The summed E-state index contributed by atoms with van der Waals surface area (Å²) in [6, 6.07) is 0. The molecule has 1 fully saturated rings. The largest absolute Gasteiger partial charge is 0.345 e. The zero-order valence-corrected chi connectivity index (χ0v) is 10.8. The van der Waals surface area contributed by atoms with Gasteiger partial charge >= 0.3 is 0 Å². The zero-order valence-electron chi connectivity index (χ0n) is 10.8. The van der Waals surface area contributed by atoms with Gasteiger partial charge in [-0.05, 0) is 31.1 Å². The van der Waals surface area contributed by atoms with Crippen molar-refractivity contribution >= 4 is 5.91 Å². The Morgan fingerprint density at radius 1 is 1.20 bits per heavy atom. The SMILES string of the molecule is CC(C)CC1(CC(C)C)CCN(C)C1=O. The molecule has 88 valence electrons. The molecule has 1 rings (SSSR count). The first kappa shape index (κ1) is 12.5. The predicted octanol–water partition coefficient (Wildman–Crippen LogP) is 2.93. The van der Waals surface area contributed by atoms with Gasteiger partial charge in [0.15, 0.2) is 0 Å². The summed E-state index contributed by atoms with van der Waals surface area (Å²) < 4.78 is 0. The molecule has 1 amide bonds. The zero-order chi connectivity index (χ0) is 11.6. The molecule has 0 radical (unpaired) electrons. The minimum Gasteiger partial charge on any atom is -0.345 e. The first-order chi connectivity index (χ1) is 6.87. The first-order valence-corrected chi connectivity index (χ1v) is 6.13. The molecule has 0 aliphatic carbocycles. The van der Waals surface area contributed by atoms with Crippen LogP contribution in [0, 0.1) is 17.3 Å². The monoisotopic (exact) mass is 211 g/mol. The second-order valence-corrected chi connectivity index (χ2v) is 5.95. The fourth-order valence-corrected chi connectivity index (χ4v) is 3.02. The Labute approximate surface area is 94.0 Å². The molecule has 0 atom stereocenters. The van der Waals surface area contributed by atoms with Crippen LogP contribution in [-0.2, 0) is 4.79 Å². The third-order valence-corrected chi connectivity index (χ3v) is 3.32. The average molecular weight is 211 g/mol. The molecule has 0 aromatic heterocycles. The van der Waals surface area contributed by atoms with Gasteiger partial charge < -0.3 is 4.90 Å². The fraction of sp³-hybridized carbons (Fsp3) is 0.923. The Morgan fingerprint density at radius 3 is 1.93 bits per heavy atom. The number of carbonyl (C=O) groups is 1. The van der Waals surface area contributed by atoms with Crippen LogP contribution >= 0.6 is 0 Å². The summed E-state index contributed by atoms with van der Waals surface area (Å²) in [7, 11) is 1.94. The van der Waals surface area contributed by atoms with E-state index in [1.165, 1.54) is 0 Å². The van der Waals surface area contributed by atoms with E-state index in [4.69, 9.17) is 0 Å². The van der Waals surface area contributed by atoms with Gasteiger partial charge in [0.2, 0.25) is 5.91 Å². The molecule has 2 heteroatoms. The molecule has 1 aliphatic heterocycles. The van der Waals surface area contributed by atoms with E-state index in [0.717, 1.165) is 25.8 Å². The maximum absolute atomic E-state index is 12.2. The molecule has 0 N–H and O–H groups in total. The van der Waals surface area contributed by atoms with Crippen molar-refractivity contribution in [1.29, 1.82) is 0 Å². The Morgan fingerprint density at radius 2 is 1.67 bits per heavy atom. The van der Waals surface area contributed by atoms with Gasteiger partial charge in [-0.2, -0.15) is 0 Å². The molecule has 1 aliphatic rings. The van der Waals surface area contributed by atoms with Gasteiger partial charge in [0.1, 0.15) is 0 Å². The Hall–Kier alpha value is -0.530. The highest BCUT2D eigenvalue weighted by atomic mass is 16.2. The van der Waals surface area contributed by atoms with Crippen molar-refractivity contribution in [3.05, 3.63) is 0 Å². The van der Waals surface area contributed by atoms with Crippen molar-refractivity contribution in [1.82, 2.24) is 4.90 Å². The summed E-state index contributed by atoms with van der Waals surface area (Å²) in [5.74, 6) is 1.60. The normalized spacial score (nSPS) is 20.7. The van der Waals surface area contributed by atoms with Gasteiger partial charge in [-0.1, -0.05) is 27.7 Å². The third-order valence-electron chi connectivity index (χ3n) is 3.32. The Kier molecular flexibility index (Phi) is 3.80. The quantitative estimate of drug-likeness (QED) is 0.700. The van der Waals surface area contributed by atoms with Gasteiger partial charge in [-0.3, -0.25) is 4.79 Å². The van der Waals surface area contributed by atoms with Crippen molar-refractivity contribution < 1.29 is 4.79 Å². The molecule has 0 saturated carbocycles. The van der Waals surface area contributed by atoms with E-state index in [0.29, 0.717) is 17.7 Å². The Bertz CT molecular complexity index is 223. The molecular weight excluding hydrogens is 186 g/mol. The van der Waals surface area contributed by atoms with Gasteiger partial charge in [0, 0.05) is 13.6 Å². The van der Waals surface area contributed by atoms with Gasteiger partial charge in [0.05, 0.1) is 5.41 Å². The van der Waals surface area contributed by atoms with Crippen LogP contribution in [0.4, 0.5) is 0 Å². The van der Waals surface area contributed by atoms with E-state index >= 15 is 0 Å². The van der Waals surface area contributed by atoms with E-state index in [9.17, 15) is 4.79 Å². The molecule has 1 heterocycles. The lowest BCUT2D eigenvalue weighted by atomic mass is 9.73. The van der Waals surface area contributed by atoms with Crippen molar-refractivity contribution in [2.24, 2.45) is 17.3 Å². The summed E-state index contributed by atoms with van der Waals surface area (Å²) in [6.07, 6.45) is 3.15. The van der Waals surface area contributed by atoms with Crippen LogP contribution in [-0.4, -0.2) is 24.4 Å². The van der Waals surface area contributed by atoms with E-state index in [-0.39, 0.29) is 5.41 Å². The number of likely N-dealkylation sites (tertiary alicyclic amines) is 1. The molecule has 0 aromatic rings. The molecule has 0 unspecified atom stereocenters. The van der Waals surface area contributed by atoms with Crippen LogP contribution < -0.4 is 0 Å². The maximum Gasteiger partial charge on any atom is 0.228 e. The highest BCUT2D eigenvalue weighted by Crippen LogP contribution is 2.42. The molecule has 2 nitrogen and oxygen atoms in total. The van der Waals surface area contributed by atoms with Crippen LogP contribution in [0.2, 0.25) is 0 Å².